The lowest BCUT2D eigenvalue weighted by molar-refractivity contribution is -0.898. The van der Waals surface area contributed by atoms with Gasteiger partial charge in [0.2, 0.25) is 0 Å². The van der Waals surface area contributed by atoms with E-state index in [2.05, 4.69) is 39.5 Å². The number of thiophene rings is 1. The molecule has 1 N–H and O–H groups in total. The average Bonchev–Trinajstić information content (AvgIpc) is 2.97. The van der Waals surface area contributed by atoms with Crippen LogP contribution >= 0.6 is 23.1 Å². The average molecular weight is 408 g/mol. The number of hydrogen-bond acceptors (Lipinski definition) is 6. The largest absolute Gasteiger partial charge is 0.370 e. The van der Waals surface area contributed by atoms with E-state index in [4.69, 9.17) is 14.7 Å². The lowest BCUT2D eigenvalue weighted by Gasteiger charge is -2.34. The number of nitrogens with one attached hydrogen (secondary N) is 1. The minimum atomic E-state index is -0.116. The molecule has 2 aromatic rings. The van der Waals surface area contributed by atoms with Crippen LogP contribution in [0.15, 0.2) is 5.16 Å². The second-order valence-corrected chi connectivity index (χ2v) is 11.1. The predicted molar refractivity (Wildman–Crippen MR) is 114 cm³/mol. The molecule has 4 rings (SSSR count). The van der Waals surface area contributed by atoms with Crippen molar-refractivity contribution in [3.05, 3.63) is 10.4 Å². The van der Waals surface area contributed by atoms with Gasteiger partial charge in [0.25, 0.3) is 0 Å². The van der Waals surface area contributed by atoms with Crippen molar-refractivity contribution in [2.24, 2.45) is 0 Å². The number of rotatable bonds is 4. The first-order chi connectivity index (χ1) is 12.9. The number of piperazine rings is 1. The Labute approximate surface area is 170 Å². The van der Waals surface area contributed by atoms with Crippen LogP contribution in [0, 0.1) is 0 Å². The molecule has 148 valence electrons. The van der Waals surface area contributed by atoms with Crippen LogP contribution in [0.5, 0.6) is 0 Å². The van der Waals surface area contributed by atoms with E-state index in [1.54, 1.807) is 28.0 Å². The predicted octanol–water partition coefficient (Wildman–Crippen LogP) is 2.77. The normalized spacial score (nSPS) is 20.4. The number of thioether (sulfide) groups is 1. The van der Waals surface area contributed by atoms with E-state index in [9.17, 15) is 0 Å². The summed E-state index contributed by atoms with van der Waals surface area (Å²) >= 11 is 3.57. The van der Waals surface area contributed by atoms with Crippen molar-refractivity contribution in [2.45, 2.75) is 63.7 Å². The number of fused-ring (bicyclic) bond motifs is 3. The second kappa shape index (κ2) is 7.50. The molecule has 0 radical (unpaired) electrons. The molecule has 0 aromatic carbocycles. The van der Waals surface area contributed by atoms with Crippen molar-refractivity contribution in [2.75, 3.05) is 37.6 Å². The molecule has 0 saturated carbocycles. The number of likely N-dealkylation sites (N-methyl/N-ethyl adjacent to an activating group) is 1. The van der Waals surface area contributed by atoms with Crippen LogP contribution in [0.25, 0.3) is 10.2 Å². The molecule has 0 unspecified atom stereocenters. The molecule has 5 nitrogen and oxygen atoms in total. The fourth-order valence-electron chi connectivity index (χ4n) is 3.99. The standard InChI is InChI=1S/C20H30N4OS2/c1-6-23-7-9-24(10-8-23)17-16-14-11-20(4,5)25-12-15(14)27-18(16)22-19(21-17)26-13(2)3/h13H,6-12H2,1-5H3/p+1. The summed E-state index contributed by atoms with van der Waals surface area (Å²) < 4.78 is 6.07. The Morgan fingerprint density at radius 1 is 1.26 bits per heavy atom. The van der Waals surface area contributed by atoms with Gasteiger partial charge in [-0.05, 0) is 26.3 Å². The fourth-order valence-corrected chi connectivity index (χ4v) is 5.85. The third kappa shape index (κ3) is 3.97. The topological polar surface area (TPSA) is 42.7 Å². The first-order valence-electron chi connectivity index (χ1n) is 10.1. The molecule has 0 bridgehead atoms. The summed E-state index contributed by atoms with van der Waals surface area (Å²) in [6.45, 7) is 17.5. The van der Waals surface area contributed by atoms with Crippen molar-refractivity contribution >= 4 is 39.1 Å². The van der Waals surface area contributed by atoms with Gasteiger partial charge in [-0.1, -0.05) is 25.6 Å². The van der Waals surface area contributed by atoms with E-state index in [1.807, 2.05) is 0 Å². The van der Waals surface area contributed by atoms with Crippen LogP contribution in [0.4, 0.5) is 5.82 Å². The van der Waals surface area contributed by atoms with E-state index >= 15 is 0 Å². The summed E-state index contributed by atoms with van der Waals surface area (Å²) in [5, 5.41) is 2.68. The number of nitrogens with zero attached hydrogens (tertiary/aromatic N) is 3. The maximum absolute atomic E-state index is 6.07. The molecule has 0 amide bonds. The van der Waals surface area contributed by atoms with Gasteiger partial charge in [0.15, 0.2) is 5.16 Å². The fraction of sp³-hybridized carbons (Fsp3) is 0.700. The number of hydrogen-bond donors (Lipinski definition) is 1. The first kappa shape index (κ1) is 19.4. The highest BCUT2D eigenvalue weighted by atomic mass is 32.2. The number of ether oxygens (including phenoxy) is 1. The molecule has 7 heteroatoms. The van der Waals surface area contributed by atoms with Crippen molar-refractivity contribution in [3.8, 4) is 0 Å². The molecule has 1 fully saturated rings. The van der Waals surface area contributed by atoms with Gasteiger partial charge in [-0.3, -0.25) is 0 Å². The minimum absolute atomic E-state index is 0.116. The van der Waals surface area contributed by atoms with Crippen LogP contribution in [-0.4, -0.2) is 53.5 Å². The van der Waals surface area contributed by atoms with Crippen molar-refractivity contribution in [1.82, 2.24) is 9.97 Å². The highest BCUT2D eigenvalue weighted by molar-refractivity contribution is 7.99. The molecular formula is C20H31N4OS2+. The lowest BCUT2D eigenvalue weighted by Crippen LogP contribution is -3.14. The highest BCUT2D eigenvalue weighted by Crippen LogP contribution is 2.42. The highest BCUT2D eigenvalue weighted by Gasteiger charge is 2.32. The van der Waals surface area contributed by atoms with Crippen LogP contribution in [0.1, 0.15) is 45.1 Å². The molecule has 2 aliphatic heterocycles. The van der Waals surface area contributed by atoms with Crippen LogP contribution < -0.4 is 9.80 Å². The summed E-state index contributed by atoms with van der Waals surface area (Å²) in [6.07, 6.45) is 0.940. The molecule has 27 heavy (non-hydrogen) atoms. The smallest absolute Gasteiger partial charge is 0.191 e. The zero-order valence-corrected chi connectivity index (χ0v) is 18.7. The van der Waals surface area contributed by atoms with Crippen molar-refractivity contribution in [1.29, 1.82) is 0 Å². The summed E-state index contributed by atoms with van der Waals surface area (Å²) in [5.41, 5.74) is 1.31. The Kier molecular flexibility index (Phi) is 5.40. The van der Waals surface area contributed by atoms with E-state index in [0.717, 1.165) is 35.3 Å². The number of anilines is 1. The van der Waals surface area contributed by atoms with Crippen molar-refractivity contribution < 1.29 is 9.64 Å². The molecular weight excluding hydrogens is 376 g/mol. The summed E-state index contributed by atoms with van der Waals surface area (Å²) in [5.74, 6) is 1.16. The Hall–Kier alpha value is -0.890. The molecule has 2 aromatic heterocycles. The Morgan fingerprint density at radius 2 is 2.00 bits per heavy atom. The van der Waals surface area contributed by atoms with Crippen molar-refractivity contribution in [3.63, 3.8) is 0 Å². The van der Waals surface area contributed by atoms with Gasteiger partial charge in [-0.25, -0.2) is 9.97 Å². The van der Waals surface area contributed by atoms with Gasteiger partial charge in [0.05, 0.1) is 50.3 Å². The van der Waals surface area contributed by atoms with Gasteiger partial charge in [0.1, 0.15) is 10.6 Å². The third-order valence-corrected chi connectivity index (χ3v) is 7.47. The summed E-state index contributed by atoms with van der Waals surface area (Å²) in [6, 6.07) is 0. The van der Waals surface area contributed by atoms with E-state index in [0.29, 0.717) is 11.9 Å². The van der Waals surface area contributed by atoms with Crippen LogP contribution in [0.3, 0.4) is 0 Å². The Balaban J connectivity index is 1.80. The quantitative estimate of drug-likeness (QED) is 0.624. The van der Waals surface area contributed by atoms with Gasteiger partial charge >= 0.3 is 0 Å². The molecule has 1 saturated heterocycles. The zero-order chi connectivity index (χ0) is 19.2. The maximum Gasteiger partial charge on any atom is 0.191 e. The second-order valence-electron chi connectivity index (χ2n) is 8.50. The van der Waals surface area contributed by atoms with Gasteiger partial charge in [-0.2, -0.15) is 0 Å². The molecule has 0 atom stereocenters. The number of aromatic nitrogens is 2. The molecule has 4 heterocycles. The van der Waals surface area contributed by atoms with Gasteiger partial charge in [0, 0.05) is 16.5 Å². The molecule has 0 spiro atoms. The maximum atomic E-state index is 6.07. The Bertz CT molecular complexity index is 825. The zero-order valence-electron chi connectivity index (χ0n) is 17.1. The minimum Gasteiger partial charge on any atom is -0.370 e. The van der Waals surface area contributed by atoms with E-state index < -0.39 is 0 Å². The van der Waals surface area contributed by atoms with Crippen LogP contribution in [0.2, 0.25) is 0 Å². The van der Waals surface area contributed by atoms with Gasteiger partial charge < -0.3 is 14.5 Å². The third-order valence-electron chi connectivity index (χ3n) is 5.50. The summed E-state index contributed by atoms with van der Waals surface area (Å²) in [4.78, 5) is 16.7. The SMILES string of the molecule is CC[NH+]1CCN(c2nc(SC(C)C)nc3sc4c(c23)CC(C)(C)OC4)CC1. The molecule has 2 aliphatic rings. The number of quaternary nitrogens is 1. The Morgan fingerprint density at radius 3 is 2.67 bits per heavy atom. The first-order valence-corrected chi connectivity index (χ1v) is 11.8. The summed E-state index contributed by atoms with van der Waals surface area (Å²) in [7, 11) is 0. The van der Waals surface area contributed by atoms with E-state index in [-0.39, 0.29) is 5.60 Å². The van der Waals surface area contributed by atoms with Gasteiger partial charge in [-0.15, -0.1) is 11.3 Å². The monoisotopic (exact) mass is 407 g/mol. The van der Waals surface area contributed by atoms with Crippen LogP contribution in [-0.2, 0) is 17.8 Å². The lowest BCUT2D eigenvalue weighted by atomic mass is 9.94. The molecule has 0 aliphatic carbocycles. The van der Waals surface area contributed by atoms with E-state index in [1.165, 1.54) is 35.5 Å².